The van der Waals surface area contributed by atoms with Gasteiger partial charge < -0.3 is 4.74 Å². The first kappa shape index (κ1) is 18.7. The second-order valence-electron chi connectivity index (χ2n) is 6.43. The van der Waals surface area contributed by atoms with E-state index in [1.54, 1.807) is 4.90 Å². The number of hydrogen-bond donors (Lipinski definition) is 0. The van der Waals surface area contributed by atoms with E-state index in [9.17, 15) is 4.79 Å². The standard InChI is InChI=1S/C23H19NO2S2/c1-2-24-22(25)21(28-23(24)27)14-16-7-5-11-19(13-16)26-15-18-10-6-9-17-8-3-4-12-20(17)18/h3-14H,2,15H2,1H3/b21-14-. The van der Waals surface area contributed by atoms with Crippen LogP contribution in [-0.2, 0) is 11.4 Å². The van der Waals surface area contributed by atoms with Gasteiger partial charge in [-0.25, -0.2) is 0 Å². The third-order valence-electron chi connectivity index (χ3n) is 4.62. The van der Waals surface area contributed by atoms with Crippen molar-refractivity contribution >= 4 is 51.1 Å². The van der Waals surface area contributed by atoms with Crippen LogP contribution in [0.15, 0.2) is 71.6 Å². The fourth-order valence-corrected chi connectivity index (χ4v) is 4.58. The Labute approximate surface area is 174 Å². The van der Waals surface area contributed by atoms with Crippen LogP contribution in [0.5, 0.6) is 5.75 Å². The molecule has 0 aromatic heterocycles. The van der Waals surface area contributed by atoms with E-state index in [0.717, 1.165) is 16.9 Å². The Morgan fingerprint density at radius 1 is 1.07 bits per heavy atom. The van der Waals surface area contributed by atoms with Crippen molar-refractivity contribution < 1.29 is 9.53 Å². The zero-order valence-corrected chi connectivity index (χ0v) is 17.1. The molecule has 3 nitrogen and oxygen atoms in total. The number of thiocarbonyl (C=S) groups is 1. The van der Waals surface area contributed by atoms with E-state index in [1.807, 2.05) is 55.5 Å². The molecule has 0 N–H and O–H groups in total. The normalized spacial score (nSPS) is 15.6. The summed E-state index contributed by atoms with van der Waals surface area (Å²) >= 11 is 6.62. The summed E-state index contributed by atoms with van der Waals surface area (Å²) in [5.41, 5.74) is 2.07. The SMILES string of the molecule is CCN1C(=O)/C(=C/c2cccc(OCc3cccc4ccccc34)c2)SC1=S. The van der Waals surface area contributed by atoms with E-state index in [1.165, 1.54) is 22.5 Å². The largest absolute Gasteiger partial charge is 0.489 e. The lowest BCUT2D eigenvalue weighted by molar-refractivity contribution is -0.121. The van der Waals surface area contributed by atoms with Crippen molar-refractivity contribution in [2.75, 3.05) is 6.54 Å². The van der Waals surface area contributed by atoms with Gasteiger partial charge in [0.25, 0.3) is 5.91 Å². The number of carbonyl (C=O) groups excluding carboxylic acids is 1. The molecule has 1 aliphatic rings. The molecular formula is C23H19NO2S2. The highest BCUT2D eigenvalue weighted by molar-refractivity contribution is 8.26. The molecule has 3 aromatic rings. The van der Waals surface area contributed by atoms with Crippen LogP contribution < -0.4 is 4.74 Å². The number of ether oxygens (including phenoxy) is 1. The van der Waals surface area contributed by atoms with E-state index in [0.29, 0.717) is 22.4 Å². The first-order valence-corrected chi connectivity index (χ1v) is 10.3. The fourth-order valence-electron chi connectivity index (χ4n) is 3.20. The van der Waals surface area contributed by atoms with Gasteiger partial charge in [-0.2, -0.15) is 0 Å². The van der Waals surface area contributed by atoms with Crippen molar-refractivity contribution in [1.82, 2.24) is 4.90 Å². The summed E-state index contributed by atoms with van der Waals surface area (Å²) in [5.74, 6) is 0.743. The van der Waals surface area contributed by atoms with E-state index < -0.39 is 0 Å². The lowest BCUT2D eigenvalue weighted by Gasteiger charge is -2.10. The molecule has 0 saturated carbocycles. The van der Waals surface area contributed by atoms with Gasteiger partial charge in [0.15, 0.2) is 0 Å². The first-order valence-electron chi connectivity index (χ1n) is 9.10. The zero-order chi connectivity index (χ0) is 19.5. The fraction of sp³-hybridized carbons (Fsp3) is 0.130. The number of nitrogens with zero attached hydrogens (tertiary/aromatic N) is 1. The molecular weight excluding hydrogens is 386 g/mol. The molecule has 0 atom stereocenters. The Morgan fingerprint density at radius 2 is 1.86 bits per heavy atom. The van der Waals surface area contributed by atoms with E-state index >= 15 is 0 Å². The molecule has 3 aromatic carbocycles. The summed E-state index contributed by atoms with van der Waals surface area (Å²) in [7, 11) is 0. The first-order chi connectivity index (χ1) is 13.7. The van der Waals surface area contributed by atoms with Gasteiger partial charge >= 0.3 is 0 Å². The molecule has 1 fully saturated rings. The van der Waals surface area contributed by atoms with Crippen LogP contribution in [0.4, 0.5) is 0 Å². The van der Waals surface area contributed by atoms with Crippen molar-refractivity contribution in [1.29, 1.82) is 0 Å². The van der Waals surface area contributed by atoms with Crippen LogP contribution in [0.2, 0.25) is 0 Å². The maximum absolute atomic E-state index is 12.4. The molecule has 1 aliphatic heterocycles. The molecule has 0 spiro atoms. The topological polar surface area (TPSA) is 29.5 Å². The highest BCUT2D eigenvalue weighted by Gasteiger charge is 2.30. The van der Waals surface area contributed by atoms with Gasteiger partial charge in [0.1, 0.15) is 16.7 Å². The third kappa shape index (κ3) is 3.81. The maximum atomic E-state index is 12.4. The second kappa shape index (κ2) is 8.17. The molecule has 5 heteroatoms. The van der Waals surface area contributed by atoms with E-state index in [-0.39, 0.29) is 5.91 Å². The summed E-state index contributed by atoms with van der Waals surface area (Å²) in [5, 5.41) is 2.40. The number of fused-ring (bicyclic) bond motifs is 1. The number of carbonyl (C=O) groups is 1. The summed E-state index contributed by atoms with van der Waals surface area (Å²) in [4.78, 5) is 14.7. The highest BCUT2D eigenvalue weighted by atomic mass is 32.2. The smallest absolute Gasteiger partial charge is 0.266 e. The van der Waals surface area contributed by atoms with Crippen LogP contribution in [0, 0.1) is 0 Å². The predicted molar refractivity (Wildman–Crippen MR) is 120 cm³/mol. The van der Waals surface area contributed by atoms with E-state index in [2.05, 4.69) is 24.3 Å². The number of amides is 1. The minimum atomic E-state index is -0.0282. The number of likely N-dealkylation sites (N-methyl/N-ethyl adjacent to an activating group) is 1. The van der Waals surface area contributed by atoms with Crippen molar-refractivity contribution in [3.63, 3.8) is 0 Å². The maximum Gasteiger partial charge on any atom is 0.266 e. The number of rotatable bonds is 5. The van der Waals surface area contributed by atoms with Gasteiger partial charge in [-0.15, -0.1) is 0 Å². The average molecular weight is 406 g/mol. The molecule has 0 radical (unpaired) electrons. The minimum absolute atomic E-state index is 0.0282. The molecule has 140 valence electrons. The molecule has 1 saturated heterocycles. The van der Waals surface area contributed by atoms with Crippen molar-refractivity contribution in [2.45, 2.75) is 13.5 Å². The number of benzene rings is 3. The van der Waals surface area contributed by atoms with Crippen molar-refractivity contribution in [3.05, 3.63) is 82.8 Å². The number of thioether (sulfide) groups is 1. The molecule has 1 heterocycles. The van der Waals surface area contributed by atoms with Crippen LogP contribution in [-0.4, -0.2) is 21.7 Å². The lowest BCUT2D eigenvalue weighted by Crippen LogP contribution is -2.27. The highest BCUT2D eigenvalue weighted by Crippen LogP contribution is 2.32. The van der Waals surface area contributed by atoms with Gasteiger partial charge in [-0.05, 0) is 47.0 Å². The van der Waals surface area contributed by atoms with Crippen LogP contribution in [0.3, 0.4) is 0 Å². The number of hydrogen-bond acceptors (Lipinski definition) is 4. The van der Waals surface area contributed by atoms with Crippen molar-refractivity contribution in [2.24, 2.45) is 0 Å². The van der Waals surface area contributed by atoms with E-state index in [4.69, 9.17) is 17.0 Å². The monoisotopic (exact) mass is 405 g/mol. The third-order valence-corrected chi connectivity index (χ3v) is 6.00. The molecule has 1 amide bonds. The van der Waals surface area contributed by atoms with Gasteiger partial charge in [-0.3, -0.25) is 9.69 Å². The Kier molecular flexibility index (Phi) is 5.46. The molecule has 4 rings (SSSR count). The van der Waals surface area contributed by atoms with Crippen LogP contribution in [0.25, 0.3) is 16.8 Å². The zero-order valence-electron chi connectivity index (χ0n) is 15.4. The van der Waals surface area contributed by atoms with Gasteiger partial charge in [0.05, 0.1) is 4.91 Å². The van der Waals surface area contributed by atoms with Gasteiger partial charge in [-0.1, -0.05) is 78.6 Å². The van der Waals surface area contributed by atoms with Gasteiger partial charge in [0, 0.05) is 6.54 Å². The lowest BCUT2D eigenvalue weighted by atomic mass is 10.1. The quantitative estimate of drug-likeness (QED) is 0.406. The molecule has 0 bridgehead atoms. The summed E-state index contributed by atoms with van der Waals surface area (Å²) in [6, 6.07) is 22.3. The molecule has 0 aliphatic carbocycles. The summed E-state index contributed by atoms with van der Waals surface area (Å²) in [6.07, 6.45) is 1.87. The Bertz CT molecular complexity index is 1090. The molecule has 28 heavy (non-hydrogen) atoms. The Hall–Kier alpha value is -2.63. The second-order valence-corrected chi connectivity index (χ2v) is 8.10. The predicted octanol–water partition coefficient (Wildman–Crippen LogP) is 5.64. The Morgan fingerprint density at radius 3 is 2.68 bits per heavy atom. The minimum Gasteiger partial charge on any atom is -0.489 e. The van der Waals surface area contributed by atoms with Gasteiger partial charge in [0.2, 0.25) is 0 Å². The Balaban J connectivity index is 1.52. The van der Waals surface area contributed by atoms with Crippen molar-refractivity contribution in [3.8, 4) is 5.75 Å². The van der Waals surface area contributed by atoms with Crippen LogP contribution >= 0.6 is 24.0 Å². The average Bonchev–Trinajstić information content (AvgIpc) is 2.99. The van der Waals surface area contributed by atoms with Crippen LogP contribution in [0.1, 0.15) is 18.1 Å². The molecule has 0 unspecified atom stereocenters. The summed E-state index contributed by atoms with van der Waals surface area (Å²) in [6.45, 7) is 3.01. The summed E-state index contributed by atoms with van der Waals surface area (Å²) < 4.78 is 6.65.